The number of hydrogen-bond acceptors (Lipinski definition) is 26. The third-order valence-electron chi connectivity index (χ3n) is 22.4. The smallest absolute Gasteiger partial charge is 0.315 e. The van der Waals surface area contributed by atoms with Crippen molar-refractivity contribution < 1.29 is 129 Å². The van der Waals surface area contributed by atoms with Gasteiger partial charge in [0.1, 0.15) is 91.6 Å². The first kappa shape index (κ1) is 64.2. The summed E-state index contributed by atoms with van der Waals surface area (Å²) in [5.74, 6) is -1.26. The Bertz CT molecular complexity index is 2310. The Morgan fingerprint density at radius 1 is 0.554 bits per heavy atom. The summed E-state index contributed by atoms with van der Waals surface area (Å²) in [6.07, 6.45) is -30.9. The highest BCUT2D eigenvalue weighted by atomic mass is 16.8. The molecule has 5 aliphatic carbocycles. The van der Waals surface area contributed by atoms with Crippen LogP contribution in [0.25, 0.3) is 0 Å². The van der Waals surface area contributed by atoms with Gasteiger partial charge in [-0.05, 0) is 104 Å². The second-order valence-corrected chi connectivity index (χ2v) is 27.7. The fourth-order valence-corrected chi connectivity index (χ4v) is 17.3. The van der Waals surface area contributed by atoms with Crippen LogP contribution in [0.1, 0.15) is 106 Å². The average molecular weight is 1190 g/mol. The van der Waals surface area contributed by atoms with Crippen molar-refractivity contribution in [3.8, 4) is 0 Å². The molecule has 0 aromatic rings. The summed E-state index contributed by atoms with van der Waals surface area (Å²) in [4.78, 5) is 15.7. The molecule has 5 saturated heterocycles. The van der Waals surface area contributed by atoms with Gasteiger partial charge in [0.05, 0.1) is 56.8 Å². The fraction of sp³-hybridized carbons (Fsp3) is 0.947. The van der Waals surface area contributed by atoms with Gasteiger partial charge in [-0.15, -0.1) is 0 Å². The minimum atomic E-state index is -1.96. The Labute approximate surface area is 482 Å². The predicted octanol–water partition coefficient (Wildman–Crippen LogP) is -3.32. The Balaban J connectivity index is 0.924. The summed E-state index contributed by atoms with van der Waals surface area (Å²) in [6, 6.07) is 0. The Hall–Kier alpha value is -1.75. The minimum absolute atomic E-state index is 0.0465. The number of aliphatic hydroxyl groups excluding tert-OH is 15. The van der Waals surface area contributed by atoms with Crippen molar-refractivity contribution in [3.63, 3.8) is 0 Å². The van der Waals surface area contributed by atoms with Crippen LogP contribution in [0.2, 0.25) is 0 Å². The van der Waals surface area contributed by atoms with Gasteiger partial charge in [-0.2, -0.15) is 0 Å². The number of aliphatic hydroxyl groups is 15. The van der Waals surface area contributed by atoms with E-state index in [0.717, 1.165) is 5.57 Å². The molecule has 9 fully saturated rings. The lowest BCUT2D eigenvalue weighted by Gasteiger charge is -2.72. The molecule has 0 unspecified atom stereocenters. The van der Waals surface area contributed by atoms with E-state index in [1.54, 1.807) is 0 Å². The number of allylic oxidation sites excluding steroid dienone is 2. The van der Waals surface area contributed by atoms with Crippen molar-refractivity contribution in [1.29, 1.82) is 0 Å². The summed E-state index contributed by atoms with van der Waals surface area (Å²) in [5, 5.41) is 163. The van der Waals surface area contributed by atoms with Crippen molar-refractivity contribution in [3.05, 3.63) is 11.6 Å². The zero-order valence-electron chi connectivity index (χ0n) is 48.3. The van der Waals surface area contributed by atoms with Crippen LogP contribution < -0.4 is 0 Å². The molecule has 476 valence electrons. The van der Waals surface area contributed by atoms with Gasteiger partial charge in [0, 0.05) is 5.41 Å². The molecule has 4 saturated carbocycles. The maximum Gasteiger partial charge on any atom is 0.315 e. The Morgan fingerprint density at radius 3 is 1.73 bits per heavy atom. The molecule has 10 aliphatic rings. The third kappa shape index (κ3) is 10.7. The number of esters is 1. The van der Waals surface area contributed by atoms with Crippen LogP contribution >= 0.6 is 0 Å². The minimum Gasteiger partial charge on any atom is -0.432 e. The number of carbonyl (C=O) groups excluding carboxylic acids is 1. The van der Waals surface area contributed by atoms with E-state index in [-0.39, 0.29) is 29.6 Å². The van der Waals surface area contributed by atoms with E-state index >= 15 is 4.79 Å². The topological polar surface area (TPSA) is 413 Å². The molecule has 0 spiro atoms. The maximum atomic E-state index is 15.7. The lowest BCUT2D eigenvalue weighted by atomic mass is 9.33. The number of carbonyl (C=O) groups is 1. The van der Waals surface area contributed by atoms with E-state index in [1.807, 2.05) is 6.92 Å². The molecular weight excluding hydrogens is 1100 g/mol. The van der Waals surface area contributed by atoms with E-state index in [1.165, 1.54) is 6.92 Å². The van der Waals surface area contributed by atoms with Gasteiger partial charge in [-0.1, -0.05) is 53.2 Å². The highest BCUT2D eigenvalue weighted by Crippen LogP contribution is 2.76. The lowest BCUT2D eigenvalue weighted by Crippen LogP contribution is -2.69. The molecule has 26 heteroatoms. The molecule has 0 aromatic heterocycles. The first-order chi connectivity index (χ1) is 38.9. The van der Waals surface area contributed by atoms with Crippen molar-refractivity contribution in [1.82, 2.24) is 0 Å². The molecule has 0 amide bonds. The second kappa shape index (κ2) is 23.6. The van der Waals surface area contributed by atoms with Crippen LogP contribution in [0.4, 0.5) is 0 Å². The van der Waals surface area contributed by atoms with Gasteiger partial charge in [0.15, 0.2) is 31.3 Å². The van der Waals surface area contributed by atoms with Crippen molar-refractivity contribution in [2.24, 2.45) is 50.2 Å². The Morgan fingerprint density at radius 2 is 1.11 bits per heavy atom. The third-order valence-corrected chi connectivity index (χ3v) is 22.4. The summed E-state index contributed by atoms with van der Waals surface area (Å²) in [6.45, 7) is 11.9. The second-order valence-electron chi connectivity index (χ2n) is 27.7. The molecule has 83 heavy (non-hydrogen) atoms. The summed E-state index contributed by atoms with van der Waals surface area (Å²) in [5.41, 5.74) is -2.84. The van der Waals surface area contributed by atoms with Crippen LogP contribution in [0.3, 0.4) is 0 Å². The van der Waals surface area contributed by atoms with Crippen LogP contribution in [-0.2, 0) is 52.2 Å². The number of ether oxygens (including phenoxy) is 10. The molecule has 0 radical (unpaired) electrons. The van der Waals surface area contributed by atoms with Crippen LogP contribution in [0.15, 0.2) is 11.6 Å². The molecule has 5 aliphatic heterocycles. The molecule has 32 atom stereocenters. The first-order valence-electron chi connectivity index (χ1n) is 29.7. The van der Waals surface area contributed by atoms with Gasteiger partial charge < -0.3 is 124 Å². The summed E-state index contributed by atoms with van der Waals surface area (Å²) in [7, 11) is 0. The summed E-state index contributed by atoms with van der Waals surface area (Å²) >= 11 is 0. The lowest BCUT2D eigenvalue weighted by molar-refractivity contribution is -0.382. The van der Waals surface area contributed by atoms with Crippen LogP contribution in [0.5, 0.6) is 0 Å². The summed E-state index contributed by atoms with van der Waals surface area (Å²) < 4.78 is 60.1. The molecule has 0 aromatic carbocycles. The van der Waals surface area contributed by atoms with Gasteiger partial charge in [-0.25, -0.2) is 0 Å². The van der Waals surface area contributed by atoms with E-state index in [4.69, 9.17) is 47.4 Å². The molecule has 26 nitrogen and oxygen atoms in total. The zero-order valence-corrected chi connectivity index (χ0v) is 48.3. The van der Waals surface area contributed by atoms with E-state index < -0.39 is 214 Å². The molecule has 15 N–H and O–H groups in total. The molecule has 0 bridgehead atoms. The number of fused-ring (bicyclic) bond motifs is 7. The van der Waals surface area contributed by atoms with E-state index in [9.17, 15) is 76.6 Å². The Kier molecular flexibility index (Phi) is 18.2. The van der Waals surface area contributed by atoms with Crippen molar-refractivity contribution in [2.45, 2.75) is 254 Å². The normalized spacial score (nSPS) is 55.4. The maximum absolute atomic E-state index is 15.7. The number of rotatable bonds is 12. The van der Waals surface area contributed by atoms with Crippen molar-refractivity contribution >= 4 is 5.97 Å². The van der Waals surface area contributed by atoms with Crippen LogP contribution in [-0.4, -0.2) is 263 Å². The molecule has 5 heterocycles. The SMILES string of the molecule is C[C@@H]1O[C@@H](O[C@H]2[C@H](OC(=O)[C@]34CCC(C)(C)C[C@H]3C3=CC[C@@H]5[C@@]6(C)C[C@H](O)[C@H](O[C@@H]7O[C@H](CO)[C@@H](O)[C@H](O)[C@H]7O)[C@@](C)(CO)[C@@H]6CC[C@@]5(C)[C@]3(C)CC4)OC[C@H](O)[C@@H]2O[C@@H]2OC[C@H](O)[C@H](O)[C@H]2O)[C@H](O)[C@H](O)[C@H]1O[C@@H]1OC[C@H](O)[C@H](O)[C@H]1O. The predicted molar refractivity (Wildman–Crippen MR) is 279 cm³/mol. The zero-order chi connectivity index (χ0) is 60.4. The highest BCUT2D eigenvalue weighted by Gasteiger charge is 2.72. The van der Waals surface area contributed by atoms with Gasteiger partial charge >= 0.3 is 5.97 Å². The standard InChI is InChI=1S/C57H92O26/c1-23-42(79-46-38(69)33(64)27(61)19-74-46)37(68)41(72)48(77-23)81-44-43(80-47-39(70)34(65)28(62)20-75-47)29(63)21-76-50(44)83-51(73)57-14-12-52(2,3)16-25(57)24-8-9-32-53(4)17-26(60)45(82-49-40(71)36(67)35(66)30(18-58)78-49)54(5,22-59)31(53)10-11-56(32,7)55(24,6)13-15-57/h8,23,25-50,58-72H,9-22H2,1-7H3/t23-,25-,26-,27-,28-,29-,30+,31+,32+,33-,34-,35+,36-,37-,38+,39+,40+,41+,42-,43-,44+,45-,46-,47-,48-,49-,50-,53-,54-,55+,56+,57-/m0/s1. The monoisotopic (exact) mass is 1190 g/mol. The quantitative estimate of drug-likeness (QED) is 0.0516. The largest absolute Gasteiger partial charge is 0.432 e. The number of hydrogen-bond donors (Lipinski definition) is 15. The molecular formula is C57H92O26. The fourth-order valence-electron chi connectivity index (χ4n) is 17.3. The van der Waals surface area contributed by atoms with Gasteiger partial charge in [0.25, 0.3) is 0 Å². The van der Waals surface area contributed by atoms with Crippen molar-refractivity contribution in [2.75, 3.05) is 33.0 Å². The highest BCUT2D eigenvalue weighted by molar-refractivity contribution is 5.79. The van der Waals surface area contributed by atoms with E-state index in [0.29, 0.717) is 51.4 Å². The van der Waals surface area contributed by atoms with E-state index in [2.05, 4.69) is 40.7 Å². The average Bonchev–Trinajstić information content (AvgIpc) is 1.16. The first-order valence-corrected chi connectivity index (χ1v) is 29.7. The molecule has 10 rings (SSSR count). The van der Waals surface area contributed by atoms with Gasteiger partial charge in [0.2, 0.25) is 6.29 Å². The van der Waals surface area contributed by atoms with Crippen LogP contribution in [0, 0.1) is 50.2 Å². The van der Waals surface area contributed by atoms with Gasteiger partial charge in [-0.3, -0.25) is 4.79 Å².